The molecule has 1 saturated carbocycles. The molecule has 3 aliphatic rings. The maximum absolute atomic E-state index is 12.8. The van der Waals surface area contributed by atoms with Gasteiger partial charge in [0, 0.05) is 11.1 Å². The van der Waals surface area contributed by atoms with Gasteiger partial charge in [-0.3, -0.25) is 19.2 Å². The lowest BCUT2D eigenvalue weighted by Gasteiger charge is -2.18. The fourth-order valence-electron chi connectivity index (χ4n) is 4.12. The van der Waals surface area contributed by atoms with Gasteiger partial charge in [0.25, 0.3) is 10.5 Å². The van der Waals surface area contributed by atoms with E-state index in [2.05, 4.69) is 0 Å². The number of hydrogen-bond donors (Lipinski definition) is 0. The zero-order chi connectivity index (χ0) is 17.2. The average Bonchev–Trinajstić information content (AvgIpc) is 3.21. The highest BCUT2D eigenvalue weighted by atomic mass is 35.5. The molecule has 4 rings (SSSR count). The molecule has 1 heterocycles. The molecule has 0 aromatic heterocycles. The molecule has 1 aromatic carbocycles. The fraction of sp³-hybridized carbons (Fsp3) is 0.294. The zero-order valence-corrected chi connectivity index (χ0v) is 13.8. The van der Waals surface area contributed by atoms with Crippen LogP contribution in [0.4, 0.5) is 5.69 Å². The van der Waals surface area contributed by atoms with Crippen molar-refractivity contribution in [3.05, 3.63) is 41.5 Å². The van der Waals surface area contributed by atoms with Gasteiger partial charge >= 0.3 is 0 Å². The normalized spacial score (nSPS) is 30.2. The van der Waals surface area contributed by atoms with Crippen LogP contribution in [0.25, 0.3) is 0 Å². The van der Waals surface area contributed by atoms with Gasteiger partial charge in [-0.15, -0.1) is 0 Å². The Kier molecular flexibility index (Phi) is 3.41. The second-order valence-electron chi connectivity index (χ2n) is 6.33. The predicted molar refractivity (Wildman–Crippen MR) is 87.0 cm³/mol. The molecule has 4 unspecified atom stereocenters. The van der Waals surface area contributed by atoms with Crippen molar-refractivity contribution in [2.75, 3.05) is 4.90 Å². The van der Waals surface area contributed by atoms with Crippen molar-refractivity contribution in [2.24, 2.45) is 23.7 Å². The third-order valence-corrected chi connectivity index (χ3v) is 5.54. The number of amides is 2. The maximum Gasteiger partial charge on any atom is 0.252 e. The van der Waals surface area contributed by atoms with E-state index in [0.29, 0.717) is 0 Å². The number of allylic oxidation sites excluding steroid dienone is 2. The summed E-state index contributed by atoms with van der Waals surface area (Å²) in [6, 6.07) is 3.92. The molecule has 0 N–H and O–H groups in total. The van der Waals surface area contributed by atoms with E-state index >= 15 is 0 Å². The molecule has 1 aliphatic heterocycles. The number of fused-ring (bicyclic) bond motifs is 5. The molecule has 4 atom stereocenters. The van der Waals surface area contributed by atoms with Gasteiger partial charge in [-0.05, 0) is 59.7 Å². The molecule has 2 fully saturated rings. The van der Waals surface area contributed by atoms with Crippen LogP contribution in [-0.2, 0) is 9.59 Å². The van der Waals surface area contributed by atoms with Gasteiger partial charge < -0.3 is 0 Å². The van der Waals surface area contributed by atoms with E-state index in [1.165, 1.54) is 18.2 Å². The first-order valence-corrected chi connectivity index (χ1v) is 8.25. The highest BCUT2D eigenvalue weighted by Gasteiger charge is 2.59. The molecule has 5 nitrogen and oxygen atoms in total. The van der Waals surface area contributed by atoms with Crippen LogP contribution in [0.15, 0.2) is 30.4 Å². The van der Waals surface area contributed by atoms with Crippen LogP contribution >= 0.6 is 23.2 Å². The van der Waals surface area contributed by atoms with Crippen LogP contribution in [0.3, 0.4) is 0 Å². The lowest BCUT2D eigenvalue weighted by molar-refractivity contribution is -0.123. The van der Waals surface area contributed by atoms with Crippen molar-refractivity contribution in [3.8, 4) is 0 Å². The number of imide groups is 1. The topological polar surface area (TPSA) is 71.5 Å². The number of halogens is 2. The molecule has 2 amide bonds. The summed E-state index contributed by atoms with van der Waals surface area (Å²) in [6.45, 7) is 0. The van der Waals surface area contributed by atoms with Crippen LogP contribution in [-0.4, -0.2) is 22.3 Å². The van der Waals surface area contributed by atoms with E-state index in [4.69, 9.17) is 23.2 Å². The summed E-state index contributed by atoms with van der Waals surface area (Å²) in [4.78, 5) is 49.6. The molecule has 24 heavy (non-hydrogen) atoms. The minimum absolute atomic E-state index is 0.0110. The molecule has 1 aromatic rings. The van der Waals surface area contributed by atoms with Crippen molar-refractivity contribution in [1.82, 2.24) is 0 Å². The van der Waals surface area contributed by atoms with Gasteiger partial charge in [-0.1, -0.05) is 12.2 Å². The summed E-state index contributed by atoms with van der Waals surface area (Å²) in [6.07, 6.45) is 4.81. The summed E-state index contributed by atoms with van der Waals surface area (Å²) in [5.41, 5.74) is 0.183. The van der Waals surface area contributed by atoms with Crippen LogP contribution in [0.5, 0.6) is 0 Å². The fourth-order valence-corrected chi connectivity index (χ4v) is 4.34. The maximum atomic E-state index is 12.8. The summed E-state index contributed by atoms with van der Waals surface area (Å²) in [7, 11) is 0. The van der Waals surface area contributed by atoms with Crippen molar-refractivity contribution in [2.45, 2.75) is 6.42 Å². The Morgan fingerprint density at radius 2 is 1.33 bits per heavy atom. The first-order valence-electron chi connectivity index (χ1n) is 7.49. The number of benzene rings is 1. The van der Waals surface area contributed by atoms with Crippen molar-refractivity contribution >= 4 is 51.2 Å². The third-order valence-electron chi connectivity index (χ3n) is 5.10. The Bertz CT molecular complexity index is 785. The molecule has 0 spiro atoms. The second-order valence-corrected chi connectivity index (χ2v) is 7.01. The highest BCUT2D eigenvalue weighted by Crippen LogP contribution is 2.53. The Morgan fingerprint density at radius 1 is 0.875 bits per heavy atom. The lowest BCUT2D eigenvalue weighted by atomic mass is 9.85. The van der Waals surface area contributed by atoms with Crippen LogP contribution in [0.2, 0.25) is 0 Å². The van der Waals surface area contributed by atoms with Gasteiger partial charge in [0.2, 0.25) is 11.8 Å². The van der Waals surface area contributed by atoms with E-state index in [1.807, 2.05) is 12.2 Å². The molecular weight excluding hydrogens is 353 g/mol. The second kappa shape index (κ2) is 5.26. The molecule has 2 aliphatic carbocycles. The quantitative estimate of drug-likeness (QED) is 0.470. The monoisotopic (exact) mass is 363 g/mol. The van der Waals surface area contributed by atoms with E-state index in [1.54, 1.807) is 0 Å². The molecular formula is C17H11Cl2NO4. The standard InChI is InChI=1S/C17H11Cl2NO4/c18-14(21)9-4-10(15(19)22)6-11(5-9)20-16(23)12-7-1-2-8(3-7)13(12)17(20)24/h1-2,4-8,12-13H,3H2. The Hall–Kier alpha value is -1.98. The number of hydrogen-bond acceptors (Lipinski definition) is 4. The van der Waals surface area contributed by atoms with E-state index in [-0.39, 0.29) is 52.3 Å². The van der Waals surface area contributed by atoms with E-state index in [0.717, 1.165) is 11.3 Å². The van der Waals surface area contributed by atoms with Crippen LogP contribution < -0.4 is 4.90 Å². The average molecular weight is 364 g/mol. The first kappa shape index (κ1) is 15.5. The minimum Gasteiger partial charge on any atom is -0.276 e. The van der Waals surface area contributed by atoms with Crippen molar-refractivity contribution in [3.63, 3.8) is 0 Å². The third kappa shape index (κ3) is 2.08. The van der Waals surface area contributed by atoms with E-state index < -0.39 is 10.5 Å². The van der Waals surface area contributed by atoms with Crippen LogP contribution in [0, 0.1) is 23.7 Å². The summed E-state index contributed by atoms with van der Waals surface area (Å²) >= 11 is 11.0. The first-order chi connectivity index (χ1) is 11.4. The lowest BCUT2D eigenvalue weighted by Crippen LogP contribution is -2.33. The summed E-state index contributed by atoms with van der Waals surface area (Å²) in [5, 5.41) is -1.59. The number of rotatable bonds is 3. The van der Waals surface area contributed by atoms with Crippen LogP contribution in [0.1, 0.15) is 27.1 Å². The molecule has 1 saturated heterocycles. The summed E-state index contributed by atoms with van der Waals surface area (Å²) in [5.74, 6) is -1.17. The van der Waals surface area contributed by atoms with Gasteiger partial charge in [0.1, 0.15) is 0 Å². The SMILES string of the molecule is O=C(Cl)c1cc(C(=O)Cl)cc(N2C(=O)C3C4C=CC(C4)C3C2=O)c1. The largest absolute Gasteiger partial charge is 0.276 e. The minimum atomic E-state index is -0.794. The highest BCUT2D eigenvalue weighted by molar-refractivity contribution is 6.69. The number of anilines is 1. The summed E-state index contributed by atoms with van der Waals surface area (Å²) < 4.78 is 0. The smallest absolute Gasteiger partial charge is 0.252 e. The van der Waals surface area contributed by atoms with Crippen molar-refractivity contribution < 1.29 is 19.2 Å². The number of carbonyl (C=O) groups excluding carboxylic acids is 4. The number of nitrogens with zero attached hydrogens (tertiary/aromatic N) is 1. The predicted octanol–water partition coefficient (Wildman–Crippen LogP) is 2.76. The molecule has 0 radical (unpaired) electrons. The van der Waals surface area contributed by atoms with E-state index in [9.17, 15) is 19.2 Å². The van der Waals surface area contributed by atoms with Crippen molar-refractivity contribution in [1.29, 1.82) is 0 Å². The Morgan fingerprint density at radius 3 is 1.75 bits per heavy atom. The van der Waals surface area contributed by atoms with Gasteiger partial charge in [0.05, 0.1) is 17.5 Å². The molecule has 7 heteroatoms. The molecule has 122 valence electrons. The number of carbonyl (C=O) groups is 4. The van der Waals surface area contributed by atoms with Gasteiger partial charge in [-0.2, -0.15) is 0 Å². The zero-order valence-electron chi connectivity index (χ0n) is 12.2. The Labute approximate surface area is 147 Å². The van der Waals surface area contributed by atoms with Gasteiger partial charge in [0.15, 0.2) is 0 Å². The molecule has 2 bridgehead atoms. The Balaban J connectivity index is 1.79. The van der Waals surface area contributed by atoms with Gasteiger partial charge in [-0.25, -0.2) is 4.90 Å².